The highest BCUT2D eigenvalue weighted by Gasteiger charge is 2.31. The molecule has 5 rings (SSSR count). The molecule has 6 heteroatoms. The van der Waals surface area contributed by atoms with Gasteiger partial charge in [-0.05, 0) is 18.4 Å². The molecule has 1 aliphatic heterocycles. The summed E-state index contributed by atoms with van der Waals surface area (Å²) in [6, 6.07) is 11.6. The molecule has 3 heterocycles. The quantitative estimate of drug-likeness (QED) is 0.695. The molecule has 0 unspecified atom stereocenters. The number of fused-ring (bicyclic) bond motifs is 1. The second-order valence-corrected chi connectivity index (χ2v) is 9.28. The van der Waals surface area contributed by atoms with Crippen molar-refractivity contribution in [3.8, 4) is 11.1 Å². The highest BCUT2D eigenvalue weighted by atomic mass is 32.1. The van der Waals surface area contributed by atoms with Crippen molar-refractivity contribution in [2.24, 2.45) is 0 Å². The lowest BCUT2D eigenvalue weighted by atomic mass is 9.91. The summed E-state index contributed by atoms with van der Waals surface area (Å²) < 4.78 is 0. The predicted octanol–water partition coefficient (Wildman–Crippen LogP) is 3.19. The topological polar surface area (TPSA) is 65.9 Å². The summed E-state index contributed by atoms with van der Waals surface area (Å²) in [5.74, 6) is 1.08. The Morgan fingerprint density at radius 3 is 2.59 bits per heavy atom. The second kappa shape index (κ2) is 8.38. The molecular weight excluding hydrogens is 380 g/mol. The van der Waals surface area contributed by atoms with Crippen LogP contribution in [0.5, 0.6) is 0 Å². The van der Waals surface area contributed by atoms with E-state index in [0.717, 1.165) is 49.4 Å². The highest BCUT2D eigenvalue weighted by molar-refractivity contribution is 7.17. The molecule has 2 atom stereocenters. The van der Waals surface area contributed by atoms with Gasteiger partial charge >= 0.3 is 0 Å². The predicted molar refractivity (Wildman–Crippen MR) is 118 cm³/mol. The Bertz CT molecular complexity index is 952. The van der Waals surface area contributed by atoms with Gasteiger partial charge in [-0.15, -0.1) is 11.3 Å². The minimum Gasteiger partial charge on any atom is -0.387 e. The first kappa shape index (κ1) is 19.0. The van der Waals surface area contributed by atoms with Gasteiger partial charge < -0.3 is 15.3 Å². The van der Waals surface area contributed by atoms with Crippen molar-refractivity contribution in [3.05, 3.63) is 42.0 Å². The number of aromatic nitrogens is 2. The minimum atomic E-state index is -0.123. The van der Waals surface area contributed by atoms with Gasteiger partial charge in [0.2, 0.25) is 0 Å². The molecule has 0 radical (unpaired) electrons. The Hall–Kier alpha value is -2.02. The fraction of sp³-hybridized carbons (Fsp3) is 0.478. The van der Waals surface area contributed by atoms with Crippen LogP contribution in [0.1, 0.15) is 38.5 Å². The first-order valence-corrected chi connectivity index (χ1v) is 11.7. The maximum atomic E-state index is 10.3. The van der Waals surface area contributed by atoms with E-state index in [9.17, 15) is 5.11 Å². The normalized spacial score (nSPS) is 23.6. The molecule has 1 saturated heterocycles. The van der Waals surface area contributed by atoms with Crippen LogP contribution in [0.4, 0.5) is 5.82 Å². The van der Waals surface area contributed by atoms with Crippen LogP contribution in [-0.4, -0.2) is 46.4 Å². The maximum Gasteiger partial charge on any atom is 0.141 e. The highest BCUT2D eigenvalue weighted by Crippen LogP contribution is 2.38. The van der Waals surface area contributed by atoms with Crippen molar-refractivity contribution >= 4 is 27.4 Å². The maximum absolute atomic E-state index is 10.3. The van der Waals surface area contributed by atoms with Gasteiger partial charge in [-0.3, -0.25) is 0 Å². The van der Waals surface area contributed by atoms with Gasteiger partial charge in [-0.2, -0.15) is 0 Å². The molecule has 3 N–H and O–H groups in total. The molecule has 1 saturated carbocycles. The van der Waals surface area contributed by atoms with E-state index in [4.69, 9.17) is 4.98 Å². The molecule has 0 spiro atoms. The van der Waals surface area contributed by atoms with Crippen LogP contribution in [-0.2, 0) is 0 Å². The lowest BCUT2D eigenvalue weighted by molar-refractivity contribution is -0.731. The molecule has 1 aromatic carbocycles. The summed E-state index contributed by atoms with van der Waals surface area (Å²) in [4.78, 5) is 12.7. The number of nitrogens with two attached hydrogens (primary N) is 1. The van der Waals surface area contributed by atoms with Crippen molar-refractivity contribution in [1.82, 2.24) is 9.97 Å². The summed E-state index contributed by atoms with van der Waals surface area (Å²) >= 11 is 1.70. The number of aliphatic hydroxyl groups excluding tert-OH is 1. The van der Waals surface area contributed by atoms with E-state index in [1.54, 1.807) is 17.7 Å². The van der Waals surface area contributed by atoms with E-state index in [1.807, 2.05) is 0 Å². The third-order valence-electron chi connectivity index (χ3n) is 6.58. The average Bonchev–Trinajstić information content (AvgIpc) is 3.21. The SMILES string of the molecule is O[C@H]1CCCC[C@@H]1[NH2+]C1CCN(c2ncnc3scc(-c4ccccc4)c23)CC1. The number of nitrogens with zero attached hydrogens (tertiary/aromatic N) is 3. The fourth-order valence-electron chi connectivity index (χ4n) is 4.95. The van der Waals surface area contributed by atoms with E-state index < -0.39 is 0 Å². The summed E-state index contributed by atoms with van der Waals surface area (Å²) in [5.41, 5.74) is 2.46. The number of anilines is 1. The van der Waals surface area contributed by atoms with Crippen LogP contribution in [0.15, 0.2) is 42.0 Å². The number of benzene rings is 1. The van der Waals surface area contributed by atoms with E-state index in [-0.39, 0.29) is 6.10 Å². The van der Waals surface area contributed by atoms with Crippen LogP contribution in [0, 0.1) is 0 Å². The van der Waals surface area contributed by atoms with Crippen LogP contribution >= 0.6 is 11.3 Å². The van der Waals surface area contributed by atoms with E-state index >= 15 is 0 Å². The molecule has 29 heavy (non-hydrogen) atoms. The number of piperidine rings is 1. The third-order valence-corrected chi connectivity index (χ3v) is 7.46. The second-order valence-electron chi connectivity index (χ2n) is 8.43. The van der Waals surface area contributed by atoms with Crippen molar-refractivity contribution < 1.29 is 10.4 Å². The summed E-state index contributed by atoms with van der Waals surface area (Å²) in [5, 5.41) is 16.2. The van der Waals surface area contributed by atoms with Crippen molar-refractivity contribution in [2.75, 3.05) is 18.0 Å². The van der Waals surface area contributed by atoms with Gasteiger partial charge in [-0.1, -0.05) is 36.8 Å². The van der Waals surface area contributed by atoms with Crippen LogP contribution in [0.3, 0.4) is 0 Å². The van der Waals surface area contributed by atoms with Gasteiger partial charge in [0.15, 0.2) is 0 Å². The largest absolute Gasteiger partial charge is 0.387 e. The first-order valence-electron chi connectivity index (χ1n) is 10.9. The molecular formula is C23H29N4OS+. The molecule has 2 fully saturated rings. The summed E-state index contributed by atoms with van der Waals surface area (Å²) in [6.45, 7) is 2.03. The monoisotopic (exact) mass is 409 g/mol. The lowest BCUT2D eigenvalue weighted by Crippen LogP contribution is -2.98. The molecule has 152 valence electrons. The van der Waals surface area contributed by atoms with Gasteiger partial charge in [-0.25, -0.2) is 9.97 Å². The van der Waals surface area contributed by atoms with Crippen molar-refractivity contribution in [3.63, 3.8) is 0 Å². The van der Waals surface area contributed by atoms with Gasteiger partial charge in [0.05, 0.1) is 11.4 Å². The zero-order chi connectivity index (χ0) is 19.6. The van der Waals surface area contributed by atoms with E-state index in [1.165, 1.54) is 29.4 Å². The Kier molecular flexibility index (Phi) is 5.48. The number of hydrogen-bond donors (Lipinski definition) is 2. The van der Waals surface area contributed by atoms with E-state index in [0.29, 0.717) is 12.1 Å². The number of rotatable bonds is 4. The molecule has 5 nitrogen and oxygen atoms in total. The average molecular weight is 410 g/mol. The Morgan fingerprint density at radius 2 is 1.79 bits per heavy atom. The summed E-state index contributed by atoms with van der Waals surface area (Å²) in [7, 11) is 0. The van der Waals surface area contributed by atoms with Crippen molar-refractivity contribution in [1.29, 1.82) is 0 Å². The van der Waals surface area contributed by atoms with Crippen molar-refractivity contribution in [2.45, 2.75) is 56.7 Å². The first-order chi connectivity index (χ1) is 14.3. The molecule has 3 aromatic rings. The minimum absolute atomic E-state index is 0.123. The van der Waals surface area contributed by atoms with Gasteiger partial charge in [0.1, 0.15) is 29.1 Å². The Morgan fingerprint density at radius 1 is 1.00 bits per heavy atom. The van der Waals surface area contributed by atoms with Crippen LogP contribution < -0.4 is 10.2 Å². The smallest absolute Gasteiger partial charge is 0.141 e. The Balaban J connectivity index is 1.34. The fourth-order valence-corrected chi connectivity index (χ4v) is 5.86. The molecule has 2 aliphatic rings. The Labute approximate surface area is 175 Å². The number of hydrogen-bond acceptors (Lipinski definition) is 5. The van der Waals surface area contributed by atoms with Crippen LogP contribution in [0.2, 0.25) is 0 Å². The number of quaternary nitrogens is 1. The molecule has 1 aliphatic carbocycles. The van der Waals surface area contributed by atoms with Gasteiger partial charge in [0.25, 0.3) is 0 Å². The zero-order valence-corrected chi connectivity index (χ0v) is 17.5. The van der Waals surface area contributed by atoms with Gasteiger partial charge in [0, 0.05) is 43.3 Å². The van der Waals surface area contributed by atoms with E-state index in [2.05, 4.69) is 50.9 Å². The molecule has 0 bridgehead atoms. The third kappa shape index (κ3) is 3.89. The standard InChI is InChI=1S/C23H28N4OS/c28-20-9-5-4-8-19(20)26-17-10-12-27(13-11-17)22-21-18(16-6-2-1-3-7-16)14-29-23(21)25-15-24-22/h1-3,6-7,14-15,17,19-20,26,28H,4-5,8-13H2/p+1/t19-,20-/m0/s1. The van der Waals surface area contributed by atoms with Crippen LogP contribution in [0.25, 0.3) is 21.3 Å². The number of thiophene rings is 1. The lowest BCUT2D eigenvalue weighted by Gasteiger charge is -2.35. The zero-order valence-electron chi connectivity index (χ0n) is 16.7. The summed E-state index contributed by atoms with van der Waals surface area (Å²) in [6.07, 6.45) is 8.43. The molecule has 2 aromatic heterocycles. The molecule has 0 amide bonds. The number of aliphatic hydroxyl groups is 1.